The lowest BCUT2D eigenvalue weighted by molar-refractivity contribution is 0.0628. The Morgan fingerprint density at radius 3 is 2.25 bits per heavy atom. The fraction of sp³-hybridized carbons (Fsp3) is 0.688. The summed E-state index contributed by atoms with van der Waals surface area (Å²) < 4.78 is 0. The molecule has 0 aliphatic carbocycles. The Morgan fingerprint density at radius 1 is 1.20 bits per heavy atom. The van der Waals surface area contributed by atoms with Crippen LogP contribution in [0.5, 0.6) is 0 Å². The van der Waals surface area contributed by atoms with E-state index in [2.05, 4.69) is 37.6 Å². The van der Waals surface area contributed by atoms with Crippen LogP contribution in [0.2, 0.25) is 0 Å². The predicted octanol–water partition coefficient (Wildman–Crippen LogP) is 2.43. The Hall–Kier alpha value is -1.13. The zero-order valence-electron chi connectivity index (χ0n) is 13.4. The lowest BCUT2D eigenvalue weighted by atomic mass is 9.80. The van der Waals surface area contributed by atoms with Crippen LogP contribution in [0.15, 0.2) is 18.5 Å². The van der Waals surface area contributed by atoms with Crippen molar-refractivity contribution in [3.8, 4) is 0 Å². The quantitative estimate of drug-likeness (QED) is 0.766. The molecule has 20 heavy (non-hydrogen) atoms. The summed E-state index contributed by atoms with van der Waals surface area (Å²) in [6, 6.07) is 1.91. The third-order valence-corrected chi connectivity index (χ3v) is 4.69. The van der Waals surface area contributed by atoms with E-state index in [-0.39, 0.29) is 11.6 Å². The molecule has 1 unspecified atom stereocenters. The third kappa shape index (κ3) is 3.30. The number of rotatable bonds is 8. The number of hydrogen-bond donors (Lipinski definition) is 2. The van der Waals surface area contributed by atoms with Crippen LogP contribution in [-0.2, 0) is 6.42 Å². The summed E-state index contributed by atoms with van der Waals surface area (Å²) in [5, 5.41) is 0. The van der Waals surface area contributed by atoms with Gasteiger partial charge in [-0.25, -0.2) is 0 Å². The molecule has 4 heteroatoms. The molecule has 0 saturated heterocycles. The van der Waals surface area contributed by atoms with Crippen LogP contribution in [0.3, 0.4) is 0 Å². The Morgan fingerprint density at radius 2 is 1.80 bits per heavy atom. The highest BCUT2D eigenvalue weighted by Crippen LogP contribution is 2.29. The molecule has 4 nitrogen and oxygen atoms in total. The van der Waals surface area contributed by atoms with Crippen LogP contribution in [0, 0.1) is 0 Å². The maximum atomic E-state index is 6.60. The van der Waals surface area contributed by atoms with E-state index in [1.807, 2.05) is 12.3 Å². The topological polar surface area (TPSA) is 68.2 Å². The van der Waals surface area contributed by atoms with E-state index < -0.39 is 0 Å². The summed E-state index contributed by atoms with van der Waals surface area (Å²) in [6.45, 7) is 10.9. The summed E-state index contributed by atoms with van der Waals surface area (Å²) in [7, 11) is 0. The zero-order valence-corrected chi connectivity index (χ0v) is 13.4. The number of nitrogens with two attached hydrogens (primary N) is 2. The van der Waals surface area contributed by atoms with E-state index in [1.165, 1.54) is 0 Å². The Balaban J connectivity index is 3.00. The second-order valence-corrected chi connectivity index (χ2v) is 5.37. The normalized spacial score (nSPS) is 13.7. The van der Waals surface area contributed by atoms with Gasteiger partial charge in [0.1, 0.15) is 0 Å². The standard InChI is InChI=1S/C16H30N4/c1-5-16(6-2,20(7-3)8-4)15(18)11-13-12-19-10-9-14(13)17/h9-10,12,15H,5-8,11,18H2,1-4H3,(H2,17,19). The molecule has 4 N–H and O–H groups in total. The zero-order chi connectivity index (χ0) is 15.2. The molecular formula is C16H30N4. The molecule has 0 fully saturated rings. The van der Waals surface area contributed by atoms with Crippen molar-refractivity contribution >= 4 is 5.69 Å². The van der Waals surface area contributed by atoms with Crippen molar-refractivity contribution in [2.45, 2.75) is 58.5 Å². The van der Waals surface area contributed by atoms with Gasteiger partial charge >= 0.3 is 0 Å². The molecule has 0 spiro atoms. The van der Waals surface area contributed by atoms with Crippen molar-refractivity contribution in [2.24, 2.45) is 5.73 Å². The monoisotopic (exact) mass is 278 g/mol. The molecule has 0 aromatic carbocycles. The van der Waals surface area contributed by atoms with E-state index >= 15 is 0 Å². The third-order valence-electron chi connectivity index (χ3n) is 4.69. The number of aromatic nitrogens is 1. The fourth-order valence-electron chi connectivity index (χ4n) is 3.34. The van der Waals surface area contributed by atoms with Crippen molar-refractivity contribution < 1.29 is 0 Å². The van der Waals surface area contributed by atoms with Crippen molar-refractivity contribution in [1.29, 1.82) is 0 Å². The van der Waals surface area contributed by atoms with E-state index in [4.69, 9.17) is 11.5 Å². The number of nitrogen functional groups attached to an aromatic ring is 1. The van der Waals surface area contributed by atoms with Crippen LogP contribution in [-0.4, -0.2) is 34.6 Å². The first kappa shape index (κ1) is 16.9. The van der Waals surface area contributed by atoms with Gasteiger partial charge in [0.15, 0.2) is 0 Å². The van der Waals surface area contributed by atoms with E-state index in [1.54, 1.807) is 6.20 Å². The second kappa shape index (κ2) is 7.60. The fourth-order valence-corrected chi connectivity index (χ4v) is 3.34. The van der Waals surface area contributed by atoms with Gasteiger partial charge < -0.3 is 11.5 Å². The van der Waals surface area contributed by atoms with Crippen LogP contribution < -0.4 is 11.5 Å². The lowest BCUT2D eigenvalue weighted by Crippen LogP contribution is -2.60. The van der Waals surface area contributed by atoms with Gasteiger partial charge in [0.05, 0.1) is 0 Å². The van der Waals surface area contributed by atoms with Crippen LogP contribution in [0.4, 0.5) is 5.69 Å². The largest absolute Gasteiger partial charge is 0.398 e. The van der Waals surface area contributed by atoms with Crippen molar-refractivity contribution in [1.82, 2.24) is 9.88 Å². The van der Waals surface area contributed by atoms with Crippen molar-refractivity contribution in [2.75, 3.05) is 18.8 Å². The smallest absolute Gasteiger partial charge is 0.0378 e. The number of pyridine rings is 1. The maximum absolute atomic E-state index is 6.60. The Labute approximate surface area is 123 Å². The van der Waals surface area contributed by atoms with Crippen molar-refractivity contribution in [3.05, 3.63) is 24.0 Å². The van der Waals surface area contributed by atoms with Crippen molar-refractivity contribution in [3.63, 3.8) is 0 Å². The molecule has 1 rings (SSSR count). The molecule has 1 aromatic rings. The van der Waals surface area contributed by atoms with E-state index in [0.717, 1.165) is 43.6 Å². The van der Waals surface area contributed by atoms with Crippen LogP contribution >= 0.6 is 0 Å². The van der Waals surface area contributed by atoms with Gasteiger partial charge in [-0.15, -0.1) is 0 Å². The van der Waals surface area contributed by atoms with Gasteiger partial charge in [-0.2, -0.15) is 0 Å². The lowest BCUT2D eigenvalue weighted by Gasteiger charge is -2.46. The molecule has 114 valence electrons. The molecule has 0 aliphatic heterocycles. The highest BCUT2D eigenvalue weighted by atomic mass is 15.2. The molecule has 0 amide bonds. The van der Waals surface area contributed by atoms with Crippen LogP contribution in [0.1, 0.15) is 46.1 Å². The summed E-state index contributed by atoms with van der Waals surface area (Å²) >= 11 is 0. The highest BCUT2D eigenvalue weighted by molar-refractivity contribution is 5.44. The average Bonchev–Trinajstić information content (AvgIpc) is 2.47. The Kier molecular flexibility index (Phi) is 6.43. The predicted molar refractivity (Wildman–Crippen MR) is 86.6 cm³/mol. The first-order chi connectivity index (χ1) is 9.55. The minimum atomic E-state index is 0.0335. The van der Waals surface area contributed by atoms with Gasteiger partial charge in [0.25, 0.3) is 0 Å². The number of anilines is 1. The molecule has 0 radical (unpaired) electrons. The molecule has 1 aromatic heterocycles. The maximum Gasteiger partial charge on any atom is 0.0378 e. The number of nitrogens with zero attached hydrogens (tertiary/aromatic N) is 2. The molecule has 1 heterocycles. The molecule has 0 saturated carbocycles. The summed E-state index contributed by atoms with van der Waals surface area (Å²) in [4.78, 5) is 6.66. The van der Waals surface area contributed by atoms with Crippen LogP contribution in [0.25, 0.3) is 0 Å². The summed E-state index contributed by atoms with van der Waals surface area (Å²) in [5.41, 5.74) is 14.5. The molecule has 0 aliphatic rings. The first-order valence-electron chi connectivity index (χ1n) is 7.74. The molecule has 1 atom stereocenters. The number of likely N-dealkylation sites (N-methyl/N-ethyl adjacent to an activating group) is 1. The minimum absolute atomic E-state index is 0.0335. The SMILES string of the molecule is CCN(CC)C(CC)(CC)C(N)Cc1cnccc1N. The Bertz CT molecular complexity index is 397. The number of hydrogen-bond acceptors (Lipinski definition) is 4. The van der Waals surface area contributed by atoms with Gasteiger partial charge in [0, 0.05) is 29.7 Å². The summed E-state index contributed by atoms with van der Waals surface area (Å²) in [5.74, 6) is 0. The highest BCUT2D eigenvalue weighted by Gasteiger charge is 2.37. The van der Waals surface area contributed by atoms with Gasteiger partial charge in [-0.1, -0.05) is 27.7 Å². The van der Waals surface area contributed by atoms with Gasteiger partial charge in [-0.05, 0) is 44.0 Å². The van der Waals surface area contributed by atoms with Gasteiger partial charge in [0.2, 0.25) is 0 Å². The average molecular weight is 278 g/mol. The molecule has 0 bridgehead atoms. The van der Waals surface area contributed by atoms with Gasteiger partial charge in [-0.3, -0.25) is 9.88 Å². The van der Waals surface area contributed by atoms with E-state index in [0.29, 0.717) is 0 Å². The molecular weight excluding hydrogens is 248 g/mol. The van der Waals surface area contributed by atoms with E-state index in [9.17, 15) is 0 Å². The second-order valence-electron chi connectivity index (χ2n) is 5.37. The first-order valence-corrected chi connectivity index (χ1v) is 7.74. The minimum Gasteiger partial charge on any atom is -0.398 e. The summed E-state index contributed by atoms with van der Waals surface area (Å²) in [6.07, 6.45) is 6.44.